The van der Waals surface area contributed by atoms with Gasteiger partial charge >= 0.3 is 0 Å². The molecule has 2 nitrogen and oxygen atoms in total. The molecule has 0 N–H and O–H groups in total. The minimum Gasteiger partial charge on any atom is -0.224 e. The van der Waals surface area contributed by atoms with Crippen molar-refractivity contribution in [1.82, 2.24) is 0 Å². The molecule has 0 unspecified atom stereocenters. The minimum atomic E-state index is -2.95. The van der Waals surface area contributed by atoms with Gasteiger partial charge in [-0.25, -0.2) is 8.42 Å². The maximum atomic E-state index is 11.9. The molecule has 1 rings (SSSR count). The van der Waals surface area contributed by atoms with Crippen molar-refractivity contribution in [3.8, 4) is 0 Å². The first kappa shape index (κ1) is 14.7. The molecule has 0 aromatic carbocycles. The second-order valence-corrected chi connectivity index (χ2v) is 7.27. The van der Waals surface area contributed by atoms with E-state index in [0.717, 1.165) is 25.7 Å². The van der Waals surface area contributed by atoms with Gasteiger partial charge in [0.05, 0.1) is 5.75 Å². The molecule has 0 radical (unpaired) electrons. The summed E-state index contributed by atoms with van der Waals surface area (Å²) in [5.74, 6) is 0.249. The monoisotopic (exact) mass is 258 g/mol. The molecule has 0 fully saturated rings. The second kappa shape index (κ2) is 7.91. The molecule has 0 saturated carbocycles. The smallest absolute Gasteiger partial charge is 0.173 e. The van der Waals surface area contributed by atoms with Gasteiger partial charge in [0.2, 0.25) is 0 Å². The Labute approximate surface area is 106 Å². The predicted octanol–water partition coefficient (Wildman–Crippen LogP) is 4.22. The topological polar surface area (TPSA) is 34.1 Å². The number of rotatable bonds is 2. The summed E-state index contributed by atoms with van der Waals surface area (Å²) >= 11 is 0. The van der Waals surface area contributed by atoms with E-state index in [0.29, 0.717) is 4.91 Å². The van der Waals surface area contributed by atoms with Crippen LogP contribution < -0.4 is 0 Å². The van der Waals surface area contributed by atoms with Crippen molar-refractivity contribution >= 4 is 9.84 Å². The maximum absolute atomic E-state index is 11.9. The van der Waals surface area contributed by atoms with E-state index in [-0.39, 0.29) is 5.75 Å². The molecule has 0 amide bonds. The van der Waals surface area contributed by atoms with Gasteiger partial charge in [-0.3, -0.25) is 0 Å². The average molecular weight is 258 g/mol. The van der Waals surface area contributed by atoms with Crippen LogP contribution in [-0.4, -0.2) is 14.2 Å². The van der Waals surface area contributed by atoms with Crippen molar-refractivity contribution in [3.05, 3.63) is 11.0 Å². The van der Waals surface area contributed by atoms with Gasteiger partial charge in [0, 0.05) is 4.91 Å². The lowest BCUT2D eigenvalue weighted by molar-refractivity contribution is 0.561. The summed E-state index contributed by atoms with van der Waals surface area (Å²) in [4.78, 5) is 0.709. The first-order valence-corrected chi connectivity index (χ1v) is 8.74. The van der Waals surface area contributed by atoms with Crippen LogP contribution in [0.15, 0.2) is 11.0 Å². The number of allylic oxidation sites excluding steroid dienone is 2. The molecule has 1 aliphatic rings. The van der Waals surface area contributed by atoms with Crippen molar-refractivity contribution < 1.29 is 8.42 Å². The summed E-state index contributed by atoms with van der Waals surface area (Å²) in [6.07, 6.45) is 13.5. The maximum Gasteiger partial charge on any atom is 0.173 e. The average Bonchev–Trinajstić information content (AvgIpc) is 2.29. The molecule has 0 aromatic heterocycles. The normalized spacial score (nSPS) is 24.2. The van der Waals surface area contributed by atoms with E-state index >= 15 is 0 Å². The van der Waals surface area contributed by atoms with Gasteiger partial charge in [0.1, 0.15) is 0 Å². The van der Waals surface area contributed by atoms with E-state index in [1.54, 1.807) is 6.92 Å². The molecule has 0 aliphatic heterocycles. The summed E-state index contributed by atoms with van der Waals surface area (Å²) in [6.45, 7) is 1.74. The van der Waals surface area contributed by atoms with Crippen LogP contribution in [0.4, 0.5) is 0 Å². The molecule has 100 valence electrons. The third-order valence-corrected chi connectivity index (χ3v) is 5.46. The Hall–Kier alpha value is -0.310. The van der Waals surface area contributed by atoms with Crippen LogP contribution >= 0.6 is 0 Å². The molecule has 0 aromatic rings. The fourth-order valence-electron chi connectivity index (χ4n) is 2.34. The molecule has 0 bridgehead atoms. The zero-order valence-electron chi connectivity index (χ0n) is 11.1. The van der Waals surface area contributed by atoms with E-state index in [9.17, 15) is 8.42 Å². The highest BCUT2D eigenvalue weighted by Crippen LogP contribution is 2.20. The standard InChI is InChI=1S/C14H26O2S/c1-2-17(15,16)14-12-10-8-6-4-3-5-7-9-11-13-14/h12H,2-11,13H2,1H3/b14-12+. The Morgan fingerprint density at radius 1 is 0.941 bits per heavy atom. The Kier molecular flexibility index (Phi) is 6.86. The van der Waals surface area contributed by atoms with Gasteiger partial charge in [-0.05, 0) is 25.7 Å². The lowest BCUT2D eigenvalue weighted by Gasteiger charge is -2.09. The highest BCUT2D eigenvalue weighted by Gasteiger charge is 2.14. The second-order valence-electron chi connectivity index (χ2n) is 4.94. The van der Waals surface area contributed by atoms with Crippen LogP contribution in [0.25, 0.3) is 0 Å². The van der Waals surface area contributed by atoms with Crippen LogP contribution in [0.1, 0.15) is 71.1 Å². The van der Waals surface area contributed by atoms with E-state index in [1.807, 2.05) is 6.08 Å². The van der Waals surface area contributed by atoms with Crippen molar-refractivity contribution in [2.45, 2.75) is 71.1 Å². The van der Waals surface area contributed by atoms with E-state index < -0.39 is 9.84 Å². The largest absolute Gasteiger partial charge is 0.224 e. The Bertz CT molecular complexity index is 328. The van der Waals surface area contributed by atoms with Crippen molar-refractivity contribution in [2.75, 3.05) is 5.75 Å². The zero-order chi connectivity index (χ0) is 12.6. The third-order valence-electron chi connectivity index (χ3n) is 3.53. The molecule has 3 heteroatoms. The molecule has 0 spiro atoms. The van der Waals surface area contributed by atoms with Gasteiger partial charge in [0.25, 0.3) is 0 Å². The quantitative estimate of drug-likeness (QED) is 0.743. The van der Waals surface area contributed by atoms with Crippen molar-refractivity contribution in [2.24, 2.45) is 0 Å². The summed E-state index contributed by atoms with van der Waals surface area (Å²) in [5, 5.41) is 0. The molecular formula is C14H26O2S. The minimum absolute atomic E-state index is 0.249. The van der Waals surface area contributed by atoms with E-state index in [1.165, 1.54) is 38.5 Å². The van der Waals surface area contributed by atoms with E-state index in [4.69, 9.17) is 0 Å². The van der Waals surface area contributed by atoms with Gasteiger partial charge in [-0.1, -0.05) is 51.5 Å². The Balaban J connectivity index is 2.63. The van der Waals surface area contributed by atoms with Gasteiger partial charge < -0.3 is 0 Å². The lowest BCUT2D eigenvalue weighted by Crippen LogP contribution is -2.07. The molecule has 1 aliphatic carbocycles. The van der Waals surface area contributed by atoms with Crippen LogP contribution in [-0.2, 0) is 9.84 Å². The van der Waals surface area contributed by atoms with Gasteiger partial charge in [-0.2, -0.15) is 0 Å². The fourth-order valence-corrected chi connectivity index (χ4v) is 3.54. The van der Waals surface area contributed by atoms with Crippen LogP contribution in [0.2, 0.25) is 0 Å². The first-order chi connectivity index (χ1) is 8.17. The van der Waals surface area contributed by atoms with Crippen molar-refractivity contribution in [1.29, 1.82) is 0 Å². The van der Waals surface area contributed by atoms with E-state index in [2.05, 4.69) is 0 Å². The third kappa shape index (κ3) is 5.71. The molecule has 0 saturated heterocycles. The Morgan fingerprint density at radius 2 is 1.47 bits per heavy atom. The summed E-state index contributed by atoms with van der Waals surface area (Å²) in [7, 11) is -2.95. The van der Waals surface area contributed by atoms with Crippen LogP contribution in [0.5, 0.6) is 0 Å². The first-order valence-electron chi connectivity index (χ1n) is 7.08. The Morgan fingerprint density at radius 3 is 2.06 bits per heavy atom. The number of sulfone groups is 1. The highest BCUT2D eigenvalue weighted by molar-refractivity contribution is 7.95. The number of hydrogen-bond acceptors (Lipinski definition) is 2. The lowest BCUT2D eigenvalue weighted by atomic mass is 10.0. The summed E-state index contributed by atoms with van der Waals surface area (Å²) < 4.78 is 23.8. The summed E-state index contributed by atoms with van der Waals surface area (Å²) in [6, 6.07) is 0. The fraction of sp³-hybridized carbons (Fsp3) is 0.857. The van der Waals surface area contributed by atoms with Crippen molar-refractivity contribution in [3.63, 3.8) is 0 Å². The highest BCUT2D eigenvalue weighted by atomic mass is 32.2. The molecule has 17 heavy (non-hydrogen) atoms. The summed E-state index contributed by atoms with van der Waals surface area (Å²) in [5.41, 5.74) is 0. The SMILES string of the molecule is CCS(=O)(=O)/C1=C/CCCCCCCCCC1. The van der Waals surface area contributed by atoms with Crippen LogP contribution in [0, 0.1) is 0 Å². The van der Waals surface area contributed by atoms with Crippen LogP contribution in [0.3, 0.4) is 0 Å². The molecule has 0 heterocycles. The molecule has 0 atom stereocenters. The zero-order valence-corrected chi connectivity index (χ0v) is 11.9. The number of hydrogen-bond donors (Lipinski definition) is 0. The molecular weight excluding hydrogens is 232 g/mol. The van der Waals surface area contributed by atoms with Gasteiger partial charge in [-0.15, -0.1) is 0 Å². The van der Waals surface area contributed by atoms with Gasteiger partial charge in [0.15, 0.2) is 9.84 Å². The predicted molar refractivity (Wildman–Crippen MR) is 73.7 cm³/mol.